The summed E-state index contributed by atoms with van der Waals surface area (Å²) in [5.41, 5.74) is -0.509. The third kappa shape index (κ3) is 2.78. The van der Waals surface area contributed by atoms with Crippen molar-refractivity contribution in [1.82, 2.24) is 5.32 Å². The van der Waals surface area contributed by atoms with Gasteiger partial charge < -0.3 is 10.1 Å². The normalized spacial score (nSPS) is 18.9. The Morgan fingerprint density at radius 2 is 2.00 bits per heavy atom. The third-order valence-electron chi connectivity index (χ3n) is 3.23. The second-order valence-electron chi connectivity index (χ2n) is 4.56. The minimum atomic E-state index is -1.23. The Balaban J connectivity index is 2.23. The summed E-state index contributed by atoms with van der Waals surface area (Å²) in [5.74, 6) is 0.707. The minimum absolute atomic E-state index is 0.527. The van der Waals surface area contributed by atoms with Crippen LogP contribution in [0.3, 0.4) is 0 Å². The van der Waals surface area contributed by atoms with Crippen LogP contribution in [0.1, 0.15) is 31.7 Å². The smallest absolute Gasteiger partial charge is 0.142 e. The molecule has 3 heteroatoms. The first kappa shape index (κ1) is 12.4. The van der Waals surface area contributed by atoms with Gasteiger partial charge in [-0.15, -0.1) is 0 Å². The zero-order valence-corrected chi connectivity index (χ0v) is 10.3. The number of benzene rings is 1. The van der Waals surface area contributed by atoms with Crippen LogP contribution in [-0.4, -0.2) is 19.7 Å². The first-order chi connectivity index (χ1) is 8.26. The quantitative estimate of drug-likeness (QED) is 0.869. The van der Waals surface area contributed by atoms with Gasteiger partial charge in [-0.25, -0.2) is 4.39 Å². The van der Waals surface area contributed by atoms with Gasteiger partial charge in [0.15, 0.2) is 0 Å². The van der Waals surface area contributed by atoms with Crippen molar-refractivity contribution < 1.29 is 9.13 Å². The summed E-state index contributed by atoms with van der Waals surface area (Å²) in [6, 6.07) is 7.51. The molecule has 17 heavy (non-hydrogen) atoms. The van der Waals surface area contributed by atoms with Crippen LogP contribution in [0.5, 0.6) is 5.75 Å². The van der Waals surface area contributed by atoms with Gasteiger partial charge in [0.05, 0.1) is 6.61 Å². The van der Waals surface area contributed by atoms with Gasteiger partial charge in [0.2, 0.25) is 0 Å². The van der Waals surface area contributed by atoms with E-state index in [2.05, 4.69) is 12.2 Å². The Morgan fingerprint density at radius 1 is 1.29 bits per heavy atom. The maximum Gasteiger partial charge on any atom is 0.142 e. The van der Waals surface area contributed by atoms with Crippen molar-refractivity contribution in [3.63, 3.8) is 0 Å². The standard InChI is InChI=1S/C14H20FNO/c1-2-11-17-13-6-4-3-5-12(13)14(15)7-9-16-10-8-14/h3-6,16H,2,7-11H2,1H3. The molecule has 1 aliphatic heterocycles. The number of nitrogens with one attached hydrogen (secondary N) is 1. The predicted molar refractivity (Wildman–Crippen MR) is 67.1 cm³/mol. The summed E-state index contributed by atoms with van der Waals surface area (Å²) >= 11 is 0. The molecule has 1 aliphatic rings. The van der Waals surface area contributed by atoms with E-state index in [0.717, 1.165) is 25.1 Å². The van der Waals surface area contributed by atoms with E-state index in [4.69, 9.17) is 4.74 Å². The SMILES string of the molecule is CCCOc1ccccc1C1(F)CCNCC1. The van der Waals surface area contributed by atoms with Crippen molar-refractivity contribution in [3.05, 3.63) is 29.8 Å². The lowest BCUT2D eigenvalue weighted by Crippen LogP contribution is -2.37. The van der Waals surface area contributed by atoms with E-state index in [1.165, 1.54) is 0 Å². The molecule has 1 aromatic carbocycles. The second kappa shape index (κ2) is 5.50. The molecule has 1 aromatic rings. The third-order valence-corrected chi connectivity index (χ3v) is 3.23. The van der Waals surface area contributed by atoms with Gasteiger partial charge in [-0.3, -0.25) is 0 Å². The van der Waals surface area contributed by atoms with E-state index in [1.807, 2.05) is 24.3 Å². The summed E-state index contributed by atoms with van der Waals surface area (Å²) < 4.78 is 20.5. The molecule has 2 nitrogen and oxygen atoms in total. The molecule has 0 radical (unpaired) electrons. The highest BCUT2D eigenvalue weighted by Gasteiger charge is 2.35. The highest BCUT2D eigenvalue weighted by Crippen LogP contribution is 2.39. The number of hydrogen-bond acceptors (Lipinski definition) is 2. The first-order valence-corrected chi connectivity index (χ1v) is 6.38. The average molecular weight is 237 g/mol. The Labute approximate surface area is 102 Å². The summed E-state index contributed by atoms with van der Waals surface area (Å²) in [6.07, 6.45) is 1.99. The fourth-order valence-electron chi connectivity index (χ4n) is 2.27. The van der Waals surface area contributed by atoms with Crippen LogP contribution >= 0.6 is 0 Å². The molecule has 0 atom stereocenters. The maximum absolute atomic E-state index is 14.9. The highest BCUT2D eigenvalue weighted by molar-refractivity contribution is 5.38. The molecule has 0 saturated carbocycles. The zero-order chi connectivity index (χ0) is 12.1. The van der Waals surface area contributed by atoms with E-state index in [-0.39, 0.29) is 0 Å². The number of para-hydroxylation sites is 1. The first-order valence-electron chi connectivity index (χ1n) is 6.38. The van der Waals surface area contributed by atoms with Crippen molar-refractivity contribution in [2.24, 2.45) is 0 Å². The van der Waals surface area contributed by atoms with Crippen molar-refractivity contribution in [1.29, 1.82) is 0 Å². The largest absolute Gasteiger partial charge is 0.493 e. The number of halogens is 1. The molecule has 0 bridgehead atoms. The Bertz CT molecular complexity index is 361. The Morgan fingerprint density at radius 3 is 2.71 bits per heavy atom. The topological polar surface area (TPSA) is 21.3 Å². The molecular weight excluding hydrogens is 217 g/mol. The van der Waals surface area contributed by atoms with Crippen LogP contribution in [0, 0.1) is 0 Å². The highest BCUT2D eigenvalue weighted by atomic mass is 19.1. The lowest BCUT2D eigenvalue weighted by atomic mass is 9.86. The molecule has 0 aromatic heterocycles. The van der Waals surface area contributed by atoms with Crippen LogP contribution in [0.25, 0.3) is 0 Å². The van der Waals surface area contributed by atoms with Crippen LogP contribution in [0.4, 0.5) is 4.39 Å². The summed E-state index contributed by atoms with van der Waals surface area (Å²) in [5, 5.41) is 3.19. The lowest BCUT2D eigenvalue weighted by molar-refractivity contribution is 0.110. The van der Waals surface area contributed by atoms with Crippen molar-refractivity contribution >= 4 is 0 Å². The molecule has 2 rings (SSSR count). The van der Waals surface area contributed by atoms with Crippen LogP contribution in [-0.2, 0) is 5.67 Å². The van der Waals surface area contributed by atoms with E-state index < -0.39 is 5.67 Å². The fourth-order valence-corrected chi connectivity index (χ4v) is 2.27. The van der Waals surface area contributed by atoms with Gasteiger partial charge in [-0.1, -0.05) is 25.1 Å². The second-order valence-corrected chi connectivity index (χ2v) is 4.56. The van der Waals surface area contributed by atoms with Gasteiger partial charge in [0, 0.05) is 5.56 Å². The molecule has 1 N–H and O–H groups in total. The van der Waals surface area contributed by atoms with Gasteiger partial charge in [0.25, 0.3) is 0 Å². The van der Waals surface area contributed by atoms with E-state index in [1.54, 1.807) is 0 Å². The van der Waals surface area contributed by atoms with Gasteiger partial charge in [0.1, 0.15) is 11.4 Å². The van der Waals surface area contributed by atoms with Crippen molar-refractivity contribution in [3.8, 4) is 5.75 Å². The molecule has 1 heterocycles. The number of ether oxygens (including phenoxy) is 1. The molecule has 0 spiro atoms. The lowest BCUT2D eigenvalue weighted by Gasteiger charge is -2.31. The van der Waals surface area contributed by atoms with E-state index in [9.17, 15) is 4.39 Å². The molecule has 1 saturated heterocycles. The van der Waals surface area contributed by atoms with Crippen LogP contribution in [0.2, 0.25) is 0 Å². The average Bonchev–Trinajstić information content (AvgIpc) is 2.37. The van der Waals surface area contributed by atoms with E-state index >= 15 is 0 Å². The minimum Gasteiger partial charge on any atom is -0.493 e. The molecule has 94 valence electrons. The van der Waals surface area contributed by atoms with Gasteiger partial charge >= 0.3 is 0 Å². The Hall–Kier alpha value is -1.09. The Kier molecular flexibility index (Phi) is 4.00. The predicted octanol–water partition coefficient (Wildman–Crippen LogP) is 3.02. The van der Waals surface area contributed by atoms with E-state index in [0.29, 0.717) is 25.2 Å². The molecule has 0 unspecified atom stereocenters. The number of alkyl halides is 1. The fraction of sp³-hybridized carbons (Fsp3) is 0.571. The summed E-state index contributed by atoms with van der Waals surface area (Å²) in [6.45, 7) is 4.17. The number of rotatable bonds is 4. The van der Waals surface area contributed by atoms with Crippen LogP contribution in [0.15, 0.2) is 24.3 Å². The molecule has 1 fully saturated rings. The zero-order valence-electron chi connectivity index (χ0n) is 10.3. The van der Waals surface area contributed by atoms with Crippen molar-refractivity contribution in [2.75, 3.05) is 19.7 Å². The number of hydrogen-bond donors (Lipinski definition) is 1. The summed E-state index contributed by atoms with van der Waals surface area (Å²) in [4.78, 5) is 0. The number of piperidine rings is 1. The molecular formula is C14H20FNO. The van der Waals surface area contributed by atoms with Crippen molar-refractivity contribution in [2.45, 2.75) is 31.9 Å². The summed E-state index contributed by atoms with van der Waals surface area (Å²) in [7, 11) is 0. The van der Waals surface area contributed by atoms with Gasteiger partial charge in [-0.05, 0) is 38.4 Å². The molecule has 0 aliphatic carbocycles. The van der Waals surface area contributed by atoms with Crippen LogP contribution < -0.4 is 10.1 Å². The maximum atomic E-state index is 14.9. The monoisotopic (exact) mass is 237 g/mol. The van der Waals surface area contributed by atoms with Gasteiger partial charge in [-0.2, -0.15) is 0 Å². The molecule has 0 amide bonds.